The molecular formula is C34H24N2O8-2. The van der Waals surface area contributed by atoms with Crippen LogP contribution in [0.25, 0.3) is 43.1 Å². The van der Waals surface area contributed by atoms with Gasteiger partial charge >= 0.3 is 0 Å². The van der Waals surface area contributed by atoms with Crippen LogP contribution in [0.4, 0.5) is 0 Å². The smallest absolute Gasteiger partial charge is 0.262 e. The molecule has 7 rings (SSSR count). The molecule has 0 fully saturated rings. The molecule has 10 nitrogen and oxygen atoms in total. The number of imide groups is 2. The molecule has 4 amide bonds. The number of benzene rings is 5. The normalized spacial score (nSPS) is 16.4. The minimum absolute atomic E-state index is 0.184. The molecule has 10 heteroatoms. The summed E-state index contributed by atoms with van der Waals surface area (Å²) in [6.07, 6.45) is 0. The second-order valence-electron chi connectivity index (χ2n) is 12.1. The lowest BCUT2D eigenvalue weighted by Crippen LogP contribution is -2.56. The third-order valence-electron chi connectivity index (χ3n) is 9.00. The van der Waals surface area contributed by atoms with Gasteiger partial charge in [0.1, 0.15) is 0 Å². The van der Waals surface area contributed by atoms with E-state index in [2.05, 4.69) is 0 Å². The van der Waals surface area contributed by atoms with Gasteiger partial charge < -0.3 is 19.8 Å². The molecule has 5 aromatic carbocycles. The SMILES string of the molecule is CC(C)C(C(=O)[O-])N1C(=O)c2ccc3c4ccc5c6c(ccc(c7ccc(c2c37)C1=O)c64)C(=O)N(C(C(=O)[O-])C(C)C)C5=O. The van der Waals surface area contributed by atoms with Gasteiger partial charge in [0.2, 0.25) is 0 Å². The molecule has 2 heterocycles. The van der Waals surface area contributed by atoms with Gasteiger partial charge in [0.15, 0.2) is 0 Å². The number of hydrogen-bond acceptors (Lipinski definition) is 8. The van der Waals surface area contributed by atoms with Gasteiger partial charge in [0.05, 0.1) is 24.0 Å². The fourth-order valence-electron chi connectivity index (χ4n) is 7.16. The highest BCUT2D eigenvalue weighted by molar-refractivity contribution is 6.41. The van der Waals surface area contributed by atoms with Gasteiger partial charge in [0, 0.05) is 33.0 Å². The Hall–Kier alpha value is -5.38. The number of amides is 4. The number of nitrogens with zero attached hydrogens (tertiary/aromatic N) is 2. The van der Waals surface area contributed by atoms with Gasteiger partial charge in [-0.05, 0) is 68.4 Å². The Labute approximate surface area is 249 Å². The predicted molar refractivity (Wildman–Crippen MR) is 156 cm³/mol. The van der Waals surface area contributed by atoms with E-state index in [0.29, 0.717) is 43.1 Å². The fraction of sp³-hybridized carbons (Fsp3) is 0.235. The zero-order valence-electron chi connectivity index (χ0n) is 24.1. The average molecular weight is 589 g/mol. The van der Waals surface area contributed by atoms with Crippen LogP contribution in [0.3, 0.4) is 0 Å². The van der Waals surface area contributed by atoms with Crippen LogP contribution < -0.4 is 10.2 Å². The van der Waals surface area contributed by atoms with Crippen molar-refractivity contribution in [2.24, 2.45) is 11.8 Å². The van der Waals surface area contributed by atoms with E-state index in [1.807, 2.05) is 0 Å². The summed E-state index contributed by atoms with van der Waals surface area (Å²) < 4.78 is 0. The fourth-order valence-corrected chi connectivity index (χ4v) is 7.16. The Bertz CT molecular complexity index is 1920. The standard InChI is InChI=1S/C34H26N2O8/c1-13(2)27(33(41)42)35-29(37)19-9-5-15-17-7-11-21-26-22(32(40)36(31(21)39)28(14(3)4)34(43)44)12-8-18(24(17)26)16-6-10-20(30(35)38)25(19)23(15)16/h5-14,27-28H,1-4H3,(H,41,42)(H,43,44)/p-2. The highest BCUT2D eigenvalue weighted by Gasteiger charge is 2.42. The quantitative estimate of drug-likeness (QED) is 0.166. The van der Waals surface area contributed by atoms with Crippen LogP contribution >= 0.6 is 0 Å². The first-order valence-electron chi connectivity index (χ1n) is 14.2. The third-order valence-corrected chi connectivity index (χ3v) is 9.00. The van der Waals surface area contributed by atoms with Crippen LogP contribution in [0.5, 0.6) is 0 Å². The number of aliphatic carboxylic acids is 2. The second-order valence-corrected chi connectivity index (χ2v) is 12.1. The van der Waals surface area contributed by atoms with Crippen molar-refractivity contribution in [2.75, 3.05) is 0 Å². The number of rotatable bonds is 6. The highest BCUT2D eigenvalue weighted by Crippen LogP contribution is 2.46. The molecule has 0 bridgehead atoms. The van der Waals surface area contributed by atoms with Crippen molar-refractivity contribution in [1.29, 1.82) is 0 Å². The topological polar surface area (TPSA) is 155 Å². The van der Waals surface area contributed by atoms with Crippen molar-refractivity contribution in [3.8, 4) is 0 Å². The van der Waals surface area contributed by atoms with Crippen LogP contribution in [0.1, 0.15) is 69.1 Å². The first kappa shape index (κ1) is 27.5. The Morgan fingerprint density at radius 3 is 0.932 bits per heavy atom. The Kier molecular flexibility index (Phi) is 5.65. The van der Waals surface area contributed by atoms with E-state index in [9.17, 15) is 39.0 Å². The monoisotopic (exact) mass is 588 g/mol. The molecule has 0 aromatic heterocycles. The van der Waals surface area contributed by atoms with Crippen LogP contribution in [-0.2, 0) is 9.59 Å². The average Bonchev–Trinajstić information content (AvgIpc) is 2.97. The number of carboxylic acids is 2. The zero-order valence-corrected chi connectivity index (χ0v) is 24.1. The summed E-state index contributed by atoms with van der Waals surface area (Å²) in [5, 5.41) is 28.7. The summed E-state index contributed by atoms with van der Waals surface area (Å²) in [5.41, 5.74) is 0.738. The van der Waals surface area contributed by atoms with Crippen LogP contribution in [-0.4, -0.2) is 57.5 Å². The molecule has 2 aliphatic heterocycles. The molecule has 220 valence electrons. The highest BCUT2D eigenvalue weighted by atomic mass is 16.4. The van der Waals surface area contributed by atoms with Crippen molar-refractivity contribution < 1.29 is 39.0 Å². The number of carboxylic acid groups (broad SMARTS) is 2. The van der Waals surface area contributed by atoms with Crippen molar-refractivity contribution in [2.45, 2.75) is 39.8 Å². The maximum Gasteiger partial charge on any atom is 0.262 e. The number of carbonyl (C=O) groups excluding carboxylic acids is 6. The minimum Gasteiger partial charge on any atom is -0.548 e. The van der Waals surface area contributed by atoms with Gasteiger partial charge in [0.25, 0.3) is 23.6 Å². The molecule has 0 N–H and O–H groups in total. The van der Waals surface area contributed by atoms with Crippen molar-refractivity contribution in [3.05, 3.63) is 70.8 Å². The Balaban J connectivity index is 1.52. The maximum atomic E-state index is 13.7. The Morgan fingerprint density at radius 2 is 0.727 bits per heavy atom. The van der Waals surface area contributed by atoms with E-state index in [-0.39, 0.29) is 22.3 Å². The molecule has 0 aliphatic carbocycles. The lowest BCUT2D eigenvalue weighted by Gasteiger charge is -2.37. The van der Waals surface area contributed by atoms with E-state index in [1.54, 1.807) is 76.2 Å². The third kappa shape index (κ3) is 3.30. The van der Waals surface area contributed by atoms with E-state index in [4.69, 9.17) is 0 Å². The molecule has 0 spiro atoms. The molecule has 2 unspecified atom stereocenters. The van der Waals surface area contributed by atoms with Gasteiger partial charge in [-0.25, -0.2) is 0 Å². The number of carbonyl (C=O) groups is 6. The molecule has 2 atom stereocenters. The molecule has 0 saturated heterocycles. The molecule has 44 heavy (non-hydrogen) atoms. The summed E-state index contributed by atoms with van der Waals surface area (Å²) in [4.78, 5) is 80.4. The van der Waals surface area contributed by atoms with E-state index in [1.165, 1.54) is 0 Å². The predicted octanol–water partition coefficient (Wildman–Crippen LogP) is 2.48. The lowest BCUT2D eigenvalue weighted by atomic mass is 9.81. The molecule has 0 saturated carbocycles. The van der Waals surface area contributed by atoms with Crippen molar-refractivity contribution in [1.82, 2.24) is 9.80 Å². The largest absolute Gasteiger partial charge is 0.548 e. The van der Waals surface area contributed by atoms with Crippen molar-refractivity contribution in [3.63, 3.8) is 0 Å². The van der Waals surface area contributed by atoms with Gasteiger partial charge in [-0.1, -0.05) is 52.0 Å². The molecule has 0 radical (unpaired) electrons. The van der Waals surface area contributed by atoms with Gasteiger partial charge in [-0.3, -0.25) is 29.0 Å². The van der Waals surface area contributed by atoms with E-state index >= 15 is 0 Å². The number of hydrogen-bond donors (Lipinski definition) is 0. The van der Waals surface area contributed by atoms with Crippen LogP contribution in [0, 0.1) is 11.8 Å². The minimum atomic E-state index is -1.52. The summed E-state index contributed by atoms with van der Waals surface area (Å²) >= 11 is 0. The zero-order chi connectivity index (χ0) is 31.5. The molecule has 2 aliphatic rings. The van der Waals surface area contributed by atoms with E-state index < -0.39 is 59.5 Å². The Morgan fingerprint density at radius 1 is 0.477 bits per heavy atom. The van der Waals surface area contributed by atoms with Gasteiger partial charge in [-0.15, -0.1) is 0 Å². The number of fused-ring (bicyclic) bond motifs is 2. The second kappa shape index (κ2) is 9.06. The van der Waals surface area contributed by atoms with Crippen molar-refractivity contribution >= 4 is 78.7 Å². The van der Waals surface area contributed by atoms with Crippen LogP contribution in [0.2, 0.25) is 0 Å². The van der Waals surface area contributed by atoms with Crippen LogP contribution in [0.15, 0.2) is 48.5 Å². The lowest BCUT2D eigenvalue weighted by molar-refractivity contribution is -0.312. The summed E-state index contributed by atoms with van der Waals surface area (Å²) in [5.74, 6) is -7.13. The summed E-state index contributed by atoms with van der Waals surface area (Å²) in [6, 6.07) is 10.2. The summed E-state index contributed by atoms with van der Waals surface area (Å²) in [7, 11) is 0. The van der Waals surface area contributed by atoms with Gasteiger partial charge in [-0.2, -0.15) is 0 Å². The first-order valence-corrected chi connectivity index (χ1v) is 14.2. The van der Waals surface area contributed by atoms with E-state index in [0.717, 1.165) is 9.80 Å². The summed E-state index contributed by atoms with van der Waals surface area (Å²) in [6.45, 7) is 6.40. The maximum absolute atomic E-state index is 13.7. The molecule has 5 aromatic rings. The first-order chi connectivity index (χ1) is 20.9. The molecular weight excluding hydrogens is 564 g/mol.